The van der Waals surface area contributed by atoms with Crippen molar-refractivity contribution in [3.05, 3.63) is 90.0 Å². The molecule has 1 N–H and O–H groups in total. The van der Waals surface area contributed by atoms with Gasteiger partial charge in [0.15, 0.2) is 0 Å². The maximum absolute atomic E-state index is 10.4. The van der Waals surface area contributed by atoms with Crippen LogP contribution >= 0.6 is 0 Å². The van der Waals surface area contributed by atoms with E-state index in [4.69, 9.17) is 9.84 Å². The molecular formula is C22H19NO4. The van der Waals surface area contributed by atoms with Crippen molar-refractivity contribution >= 4 is 12.2 Å². The van der Waals surface area contributed by atoms with Crippen LogP contribution in [0.15, 0.2) is 84.0 Å². The van der Waals surface area contributed by atoms with Crippen LogP contribution in [0.3, 0.4) is 0 Å². The SMILES string of the molecule is O=C(O)CO/N=C/c1cccc(-c2ccc(OCc3ccccc3)cc2)c1. The first kappa shape index (κ1) is 18.2. The third kappa shape index (κ3) is 5.71. The summed E-state index contributed by atoms with van der Waals surface area (Å²) in [6.07, 6.45) is 1.49. The first-order valence-corrected chi connectivity index (χ1v) is 8.45. The van der Waals surface area contributed by atoms with Crippen molar-refractivity contribution in [1.29, 1.82) is 0 Å². The number of carbonyl (C=O) groups is 1. The van der Waals surface area contributed by atoms with Crippen LogP contribution in [-0.4, -0.2) is 23.9 Å². The third-order valence-electron chi connectivity index (χ3n) is 3.79. The Labute approximate surface area is 157 Å². The second-order valence-electron chi connectivity index (χ2n) is 5.83. The van der Waals surface area contributed by atoms with E-state index in [9.17, 15) is 4.79 Å². The second kappa shape index (κ2) is 9.20. The molecule has 136 valence electrons. The zero-order chi connectivity index (χ0) is 18.9. The van der Waals surface area contributed by atoms with Gasteiger partial charge in [-0.25, -0.2) is 4.79 Å². The Kier molecular flexibility index (Phi) is 6.20. The van der Waals surface area contributed by atoms with Crippen molar-refractivity contribution in [2.45, 2.75) is 6.61 Å². The molecule has 0 amide bonds. The van der Waals surface area contributed by atoms with E-state index in [0.717, 1.165) is 28.0 Å². The highest BCUT2D eigenvalue weighted by Gasteiger charge is 2.01. The standard InChI is InChI=1S/C22H19NO4/c24-22(25)16-27-23-14-18-7-4-8-20(13-18)19-9-11-21(12-10-19)26-15-17-5-2-1-3-6-17/h1-14H,15-16H2,(H,24,25)/b23-14+. The lowest BCUT2D eigenvalue weighted by molar-refractivity contribution is -0.142. The van der Waals surface area contributed by atoms with Gasteiger partial charge in [0, 0.05) is 0 Å². The molecule has 0 unspecified atom stereocenters. The molecule has 3 aromatic carbocycles. The first-order valence-electron chi connectivity index (χ1n) is 8.45. The predicted octanol–water partition coefficient (Wildman–Crippen LogP) is 4.37. The molecule has 27 heavy (non-hydrogen) atoms. The summed E-state index contributed by atoms with van der Waals surface area (Å²) in [5.74, 6) is -0.252. The number of ether oxygens (including phenoxy) is 1. The normalized spacial score (nSPS) is 10.7. The van der Waals surface area contributed by atoms with E-state index in [1.807, 2.05) is 78.9 Å². The molecular weight excluding hydrogens is 342 g/mol. The minimum atomic E-state index is -1.06. The van der Waals surface area contributed by atoms with Gasteiger partial charge in [0.05, 0.1) is 6.21 Å². The quantitative estimate of drug-likeness (QED) is 0.478. The van der Waals surface area contributed by atoms with Gasteiger partial charge in [0.1, 0.15) is 12.4 Å². The molecule has 5 heteroatoms. The molecule has 0 aliphatic heterocycles. The lowest BCUT2D eigenvalue weighted by Gasteiger charge is -2.08. The van der Waals surface area contributed by atoms with Crippen LogP contribution in [0.4, 0.5) is 0 Å². The number of carboxylic acids is 1. The van der Waals surface area contributed by atoms with Crippen LogP contribution in [-0.2, 0) is 16.2 Å². The minimum Gasteiger partial charge on any atom is -0.489 e. The number of benzene rings is 3. The number of rotatable bonds is 8. The van der Waals surface area contributed by atoms with Gasteiger partial charge < -0.3 is 14.7 Å². The zero-order valence-corrected chi connectivity index (χ0v) is 14.6. The molecule has 0 saturated heterocycles. The largest absolute Gasteiger partial charge is 0.489 e. The molecule has 0 aliphatic carbocycles. The fourth-order valence-corrected chi connectivity index (χ4v) is 2.47. The molecule has 5 nitrogen and oxygen atoms in total. The predicted molar refractivity (Wildman–Crippen MR) is 104 cm³/mol. The van der Waals surface area contributed by atoms with Crippen molar-refractivity contribution in [2.24, 2.45) is 5.16 Å². The van der Waals surface area contributed by atoms with Gasteiger partial charge in [0.25, 0.3) is 0 Å². The topological polar surface area (TPSA) is 68.1 Å². The fourth-order valence-electron chi connectivity index (χ4n) is 2.47. The van der Waals surface area contributed by atoms with Crippen molar-refractivity contribution in [3.8, 4) is 16.9 Å². The van der Waals surface area contributed by atoms with Gasteiger partial charge in [-0.2, -0.15) is 0 Å². The Morgan fingerprint density at radius 1 is 0.926 bits per heavy atom. The summed E-state index contributed by atoms with van der Waals surface area (Å²) in [5, 5.41) is 12.2. The maximum Gasteiger partial charge on any atom is 0.344 e. The Morgan fingerprint density at radius 3 is 2.44 bits per heavy atom. The summed E-state index contributed by atoms with van der Waals surface area (Å²) in [6.45, 7) is 0.0725. The Balaban J connectivity index is 1.62. The van der Waals surface area contributed by atoms with Crippen LogP contribution in [0.25, 0.3) is 11.1 Å². The molecule has 0 radical (unpaired) electrons. The summed E-state index contributed by atoms with van der Waals surface area (Å²) in [7, 11) is 0. The van der Waals surface area contributed by atoms with E-state index in [1.54, 1.807) is 0 Å². The van der Waals surface area contributed by atoms with E-state index < -0.39 is 12.6 Å². The molecule has 0 fully saturated rings. The second-order valence-corrected chi connectivity index (χ2v) is 5.83. The Hall–Kier alpha value is -3.60. The summed E-state index contributed by atoms with van der Waals surface area (Å²) in [4.78, 5) is 15.1. The highest BCUT2D eigenvalue weighted by atomic mass is 16.6. The van der Waals surface area contributed by atoms with Crippen LogP contribution in [0.1, 0.15) is 11.1 Å². The van der Waals surface area contributed by atoms with E-state index in [1.165, 1.54) is 6.21 Å². The number of hydrogen-bond donors (Lipinski definition) is 1. The molecule has 0 aromatic heterocycles. The number of hydrogen-bond acceptors (Lipinski definition) is 4. The van der Waals surface area contributed by atoms with Crippen LogP contribution in [0.5, 0.6) is 5.75 Å². The lowest BCUT2D eigenvalue weighted by atomic mass is 10.0. The fraction of sp³-hybridized carbons (Fsp3) is 0.0909. The Morgan fingerprint density at radius 2 is 1.70 bits per heavy atom. The van der Waals surface area contributed by atoms with E-state index in [2.05, 4.69) is 9.99 Å². The van der Waals surface area contributed by atoms with E-state index in [-0.39, 0.29) is 0 Å². The molecule has 0 saturated carbocycles. The van der Waals surface area contributed by atoms with Gasteiger partial charge in [-0.3, -0.25) is 0 Å². The van der Waals surface area contributed by atoms with Crippen molar-refractivity contribution in [3.63, 3.8) is 0 Å². The molecule has 0 spiro atoms. The molecule has 0 atom stereocenters. The van der Waals surface area contributed by atoms with E-state index in [0.29, 0.717) is 6.61 Å². The van der Waals surface area contributed by atoms with Gasteiger partial charge in [-0.05, 0) is 40.5 Å². The maximum atomic E-state index is 10.4. The molecule has 3 rings (SSSR count). The third-order valence-corrected chi connectivity index (χ3v) is 3.79. The average Bonchev–Trinajstić information content (AvgIpc) is 2.71. The van der Waals surface area contributed by atoms with Gasteiger partial charge >= 0.3 is 5.97 Å². The van der Waals surface area contributed by atoms with Crippen molar-refractivity contribution in [1.82, 2.24) is 0 Å². The van der Waals surface area contributed by atoms with Gasteiger partial charge in [-0.15, -0.1) is 0 Å². The van der Waals surface area contributed by atoms with Crippen LogP contribution < -0.4 is 4.74 Å². The number of oxime groups is 1. The van der Waals surface area contributed by atoms with Crippen LogP contribution in [0, 0.1) is 0 Å². The first-order chi connectivity index (χ1) is 13.2. The molecule has 3 aromatic rings. The molecule has 0 heterocycles. The average molecular weight is 361 g/mol. The lowest BCUT2D eigenvalue weighted by Crippen LogP contribution is -2.03. The smallest absolute Gasteiger partial charge is 0.344 e. The van der Waals surface area contributed by atoms with Crippen LogP contribution in [0.2, 0.25) is 0 Å². The summed E-state index contributed by atoms with van der Waals surface area (Å²) in [5.41, 5.74) is 4.01. The number of aliphatic carboxylic acids is 1. The molecule has 0 aliphatic rings. The number of nitrogens with zero attached hydrogens (tertiary/aromatic N) is 1. The summed E-state index contributed by atoms with van der Waals surface area (Å²) >= 11 is 0. The van der Waals surface area contributed by atoms with Crippen molar-refractivity contribution in [2.75, 3.05) is 6.61 Å². The van der Waals surface area contributed by atoms with Gasteiger partial charge in [0.2, 0.25) is 6.61 Å². The Bertz CT molecular complexity index is 905. The summed E-state index contributed by atoms with van der Waals surface area (Å²) < 4.78 is 5.81. The van der Waals surface area contributed by atoms with E-state index >= 15 is 0 Å². The zero-order valence-electron chi connectivity index (χ0n) is 14.6. The van der Waals surface area contributed by atoms with Gasteiger partial charge in [-0.1, -0.05) is 65.8 Å². The highest BCUT2D eigenvalue weighted by Crippen LogP contribution is 2.23. The van der Waals surface area contributed by atoms with Crippen molar-refractivity contribution < 1.29 is 19.5 Å². The molecule has 0 bridgehead atoms. The summed E-state index contributed by atoms with van der Waals surface area (Å²) in [6, 6.07) is 25.6. The minimum absolute atomic E-state index is 0.458. The highest BCUT2D eigenvalue weighted by molar-refractivity contribution is 5.82. The number of carboxylic acid groups (broad SMARTS) is 1. The monoisotopic (exact) mass is 361 g/mol.